The number of fused-ring (bicyclic) bond motifs is 1. The van der Waals surface area contributed by atoms with E-state index in [1.54, 1.807) is 6.20 Å². The van der Waals surface area contributed by atoms with Gasteiger partial charge in [-0.05, 0) is 24.5 Å². The van der Waals surface area contributed by atoms with Crippen LogP contribution in [0.3, 0.4) is 0 Å². The average Bonchev–Trinajstić information content (AvgIpc) is 2.84. The van der Waals surface area contributed by atoms with Crippen molar-refractivity contribution >= 4 is 0 Å². The van der Waals surface area contributed by atoms with Gasteiger partial charge < -0.3 is 9.52 Å². The topological polar surface area (TPSA) is 49.5 Å². The molecule has 1 atom stereocenters. The first-order chi connectivity index (χ1) is 9.28. The van der Waals surface area contributed by atoms with Gasteiger partial charge in [-0.15, -0.1) is 0 Å². The van der Waals surface area contributed by atoms with Gasteiger partial charge in [-0.3, -0.25) is 4.90 Å². The van der Waals surface area contributed by atoms with Crippen LogP contribution in [-0.4, -0.2) is 28.1 Å². The first kappa shape index (κ1) is 12.4. The number of aliphatic hydroxyl groups is 1. The Morgan fingerprint density at radius 2 is 2.26 bits per heavy atom. The second-order valence-corrected chi connectivity index (χ2v) is 4.98. The van der Waals surface area contributed by atoms with E-state index in [0.717, 1.165) is 24.6 Å². The van der Waals surface area contributed by atoms with Crippen LogP contribution in [0.25, 0.3) is 0 Å². The molecule has 0 aliphatic carbocycles. The first-order valence-corrected chi connectivity index (χ1v) is 6.62. The average molecular weight is 258 g/mol. The van der Waals surface area contributed by atoms with E-state index >= 15 is 0 Å². The number of oxazole rings is 1. The molecule has 4 heteroatoms. The molecule has 3 rings (SSSR count). The van der Waals surface area contributed by atoms with Gasteiger partial charge in [0.2, 0.25) is 5.89 Å². The van der Waals surface area contributed by atoms with Crippen LogP contribution in [0, 0.1) is 6.92 Å². The zero-order valence-electron chi connectivity index (χ0n) is 11.0. The molecule has 1 unspecified atom stereocenters. The van der Waals surface area contributed by atoms with Gasteiger partial charge in [0.25, 0.3) is 0 Å². The highest BCUT2D eigenvalue weighted by Gasteiger charge is 2.27. The minimum absolute atomic E-state index is 0.0390. The van der Waals surface area contributed by atoms with Gasteiger partial charge in [0.15, 0.2) is 0 Å². The summed E-state index contributed by atoms with van der Waals surface area (Å²) in [5.41, 5.74) is 2.56. The molecule has 0 saturated carbocycles. The summed E-state index contributed by atoms with van der Waals surface area (Å²) in [6.07, 6.45) is 2.74. The molecule has 0 radical (unpaired) electrons. The van der Waals surface area contributed by atoms with Crippen LogP contribution in [0.2, 0.25) is 0 Å². The third-order valence-electron chi connectivity index (χ3n) is 3.70. The van der Waals surface area contributed by atoms with Gasteiger partial charge in [0.1, 0.15) is 5.76 Å². The Morgan fingerprint density at radius 3 is 3.00 bits per heavy atom. The third-order valence-corrected chi connectivity index (χ3v) is 3.70. The molecule has 2 aromatic rings. The maximum Gasteiger partial charge on any atom is 0.208 e. The Bertz CT molecular complexity index is 565. The van der Waals surface area contributed by atoms with E-state index in [-0.39, 0.29) is 12.6 Å². The standard InChI is InChI=1S/C15H18N2O2/c1-11-8-16-15(19-11)9-17-7-6-12-4-2-3-5-13(12)14(17)10-18/h2-5,8,14,18H,6-7,9-10H2,1H3. The molecule has 0 bridgehead atoms. The third kappa shape index (κ3) is 2.41. The fourth-order valence-electron chi connectivity index (χ4n) is 2.75. The van der Waals surface area contributed by atoms with Crippen molar-refractivity contribution < 1.29 is 9.52 Å². The lowest BCUT2D eigenvalue weighted by atomic mass is 9.93. The molecule has 1 aliphatic heterocycles. The monoisotopic (exact) mass is 258 g/mol. The summed E-state index contributed by atoms with van der Waals surface area (Å²) in [5.74, 6) is 1.54. The van der Waals surface area contributed by atoms with Crippen LogP contribution in [0.4, 0.5) is 0 Å². The van der Waals surface area contributed by atoms with Crippen LogP contribution in [0.5, 0.6) is 0 Å². The molecule has 4 nitrogen and oxygen atoms in total. The normalized spacial score (nSPS) is 19.4. The minimum atomic E-state index is 0.0390. The van der Waals surface area contributed by atoms with Crippen molar-refractivity contribution in [1.82, 2.24) is 9.88 Å². The Kier molecular flexibility index (Phi) is 3.36. The van der Waals surface area contributed by atoms with Crippen molar-refractivity contribution in [2.24, 2.45) is 0 Å². The van der Waals surface area contributed by atoms with Crippen LogP contribution < -0.4 is 0 Å². The fraction of sp³-hybridized carbons (Fsp3) is 0.400. The molecule has 0 fully saturated rings. The Labute approximate surface area is 112 Å². The van der Waals surface area contributed by atoms with Gasteiger partial charge in [0.05, 0.1) is 25.4 Å². The van der Waals surface area contributed by atoms with Gasteiger partial charge in [-0.2, -0.15) is 0 Å². The van der Waals surface area contributed by atoms with E-state index in [9.17, 15) is 5.11 Å². The zero-order valence-corrected chi connectivity index (χ0v) is 11.0. The summed E-state index contributed by atoms with van der Waals surface area (Å²) in [5, 5.41) is 9.70. The number of aryl methyl sites for hydroxylation is 1. The Balaban J connectivity index is 1.84. The van der Waals surface area contributed by atoms with Crippen LogP contribution >= 0.6 is 0 Å². The summed E-state index contributed by atoms with van der Waals surface area (Å²) in [7, 11) is 0. The number of hydrogen-bond acceptors (Lipinski definition) is 4. The molecule has 100 valence electrons. The molecule has 0 saturated heterocycles. The largest absolute Gasteiger partial charge is 0.445 e. The van der Waals surface area contributed by atoms with Gasteiger partial charge in [0, 0.05) is 6.54 Å². The molecule has 0 amide bonds. The lowest BCUT2D eigenvalue weighted by Crippen LogP contribution is -2.36. The Hall–Kier alpha value is -1.65. The van der Waals surface area contributed by atoms with Crippen LogP contribution in [0.1, 0.15) is 28.8 Å². The SMILES string of the molecule is Cc1cnc(CN2CCc3ccccc3C2CO)o1. The van der Waals surface area contributed by atoms with E-state index in [4.69, 9.17) is 4.42 Å². The maximum absolute atomic E-state index is 9.70. The van der Waals surface area contributed by atoms with Crippen LogP contribution in [-0.2, 0) is 13.0 Å². The van der Waals surface area contributed by atoms with Crippen molar-refractivity contribution in [3.05, 3.63) is 53.2 Å². The molecule has 19 heavy (non-hydrogen) atoms. The minimum Gasteiger partial charge on any atom is -0.445 e. The molecule has 0 spiro atoms. The predicted octanol–water partition coefficient (Wildman–Crippen LogP) is 2.07. The quantitative estimate of drug-likeness (QED) is 0.915. The highest BCUT2D eigenvalue weighted by Crippen LogP contribution is 2.30. The highest BCUT2D eigenvalue weighted by molar-refractivity contribution is 5.32. The first-order valence-electron chi connectivity index (χ1n) is 6.62. The van der Waals surface area contributed by atoms with Crippen molar-refractivity contribution in [3.8, 4) is 0 Å². The molecular formula is C15H18N2O2. The van der Waals surface area contributed by atoms with Gasteiger partial charge in [-0.25, -0.2) is 4.98 Å². The van der Waals surface area contributed by atoms with Crippen molar-refractivity contribution in [2.75, 3.05) is 13.2 Å². The molecular weight excluding hydrogens is 240 g/mol. The van der Waals surface area contributed by atoms with Gasteiger partial charge in [-0.1, -0.05) is 24.3 Å². The zero-order chi connectivity index (χ0) is 13.2. The number of rotatable bonds is 3. The van der Waals surface area contributed by atoms with E-state index in [2.05, 4.69) is 28.1 Å². The molecule has 1 aromatic heterocycles. The number of aromatic nitrogens is 1. The van der Waals surface area contributed by atoms with Crippen LogP contribution in [0.15, 0.2) is 34.9 Å². The number of benzene rings is 1. The lowest BCUT2D eigenvalue weighted by Gasteiger charge is -2.35. The fourth-order valence-corrected chi connectivity index (χ4v) is 2.75. The van der Waals surface area contributed by atoms with Gasteiger partial charge >= 0.3 is 0 Å². The summed E-state index contributed by atoms with van der Waals surface area (Å²) in [6, 6.07) is 8.37. The van der Waals surface area contributed by atoms with Crippen molar-refractivity contribution in [1.29, 1.82) is 0 Å². The van der Waals surface area contributed by atoms with E-state index in [1.165, 1.54) is 11.1 Å². The predicted molar refractivity (Wildman–Crippen MR) is 71.6 cm³/mol. The van der Waals surface area contributed by atoms with Crippen molar-refractivity contribution in [3.63, 3.8) is 0 Å². The number of hydrogen-bond donors (Lipinski definition) is 1. The molecule has 1 aliphatic rings. The lowest BCUT2D eigenvalue weighted by molar-refractivity contribution is 0.0992. The molecule has 1 N–H and O–H groups in total. The highest BCUT2D eigenvalue weighted by atomic mass is 16.4. The number of nitrogens with zero attached hydrogens (tertiary/aromatic N) is 2. The summed E-state index contributed by atoms with van der Waals surface area (Å²) in [4.78, 5) is 6.47. The summed E-state index contributed by atoms with van der Waals surface area (Å²) in [6.45, 7) is 3.58. The smallest absolute Gasteiger partial charge is 0.208 e. The molecule has 2 heterocycles. The molecule has 1 aromatic carbocycles. The summed E-state index contributed by atoms with van der Waals surface area (Å²) < 4.78 is 5.53. The van der Waals surface area contributed by atoms with E-state index in [1.807, 2.05) is 13.0 Å². The summed E-state index contributed by atoms with van der Waals surface area (Å²) >= 11 is 0. The Morgan fingerprint density at radius 1 is 1.42 bits per heavy atom. The number of aliphatic hydroxyl groups excluding tert-OH is 1. The second-order valence-electron chi connectivity index (χ2n) is 4.98. The second kappa shape index (κ2) is 5.15. The van der Waals surface area contributed by atoms with E-state index in [0.29, 0.717) is 6.54 Å². The maximum atomic E-state index is 9.70. The van der Waals surface area contributed by atoms with E-state index < -0.39 is 0 Å². The van der Waals surface area contributed by atoms with Crippen molar-refractivity contribution in [2.45, 2.75) is 25.9 Å².